The average molecular weight is 383 g/mol. The van der Waals surface area contributed by atoms with Crippen molar-refractivity contribution in [1.29, 1.82) is 0 Å². The summed E-state index contributed by atoms with van der Waals surface area (Å²) < 4.78 is 1.82. The first kappa shape index (κ1) is 13.5. The van der Waals surface area contributed by atoms with Gasteiger partial charge >= 0.3 is 0 Å². The normalized spacial score (nSPS) is 23.9. The van der Waals surface area contributed by atoms with Gasteiger partial charge in [-0.3, -0.25) is 4.79 Å². The van der Waals surface area contributed by atoms with E-state index in [9.17, 15) is 9.90 Å². The summed E-state index contributed by atoms with van der Waals surface area (Å²) in [6.07, 6.45) is 3.04. The Kier molecular flexibility index (Phi) is 4.63. The summed E-state index contributed by atoms with van der Waals surface area (Å²) >= 11 is 8.15. The number of aliphatic hydroxyl groups excluding tert-OH is 1. The number of hydrogen-bond donors (Lipinski definition) is 2. The molecule has 1 aliphatic carbocycles. The fraction of sp³-hybridized carbons (Fsp3) is 0.545. The van der Waals surface area contributed by atoms with Crippen LogP contribution in [0.25, 0.3) is 0 Å². The minimum absolute atomic E-state index is 0.0493. The maximum absolute atomic E-state index is 12.0. The highest BCUT2D eigenvalue weighted by molar-refractivity contribution is 9.13. The van der Waals surface area contributed by atoms with Crippen molar-refractivity contribution in [3.63, 3.8) is 0 Å². The van der Waals surface area contributed by atoms with Crippen LogP contribution in [0.5, 0.6) is 0 Å². The van der Waals surface area contributed by atoms with E-state index in [1.165, 1.54) is 11.3 Å². The van der Waals surface area contributed by atoms with Crippen LogP contribution in [-0.2, 0) is 0 Å². The van der Waals surface area contributed by atoms with Gasteiger partial charge in [-0.15, -0.1) is 11.3 Å². The number of amides is 1. The Balaban J connectivity index is 2.01. The summed E-state index contributed by atoms with van der Waals surface area (Å²) in [5.41, 5.74) is 0. The molecule has 2 rings (SSSR count). The van der Waals surface area contributed by atoms with E-state index in [4.69, 9.17) is 0 Å². The van der Waals surface area contributed by atoms with Crippen molar-refractivity contribution in [2.75, 3.05) is 6.61 Å². The molecule has 0 bridgehead atoms. The number of nitrogens with one attached hydrogen (secondary N) is 1. The van der Waals surface area contributed by atoms with E-state index < -0.39 is 0 Å². The molecule has 1 fully saturated rings. The van der Waals surface area contributed by atoms with E-state index in [1.54, 1.807) is 0 Å². The van der Waals surface area contributed by atoms with Crippen LogP contribution in [0.4, 0.5) is 0 Å². The van der Waals surface area contributed by atoms with E-state index in [0.717, 1.165) is 27.5 Å². The first-order chi connectivity index (χ1) is 8.11. The van der Waals surface area contributed by atoms with Crippen LogP contribution >= 0.6 is 43.2 Å². The minimum Gasteiger partial charge on any atom is -0.396 e. The van der Waals surface area contributed by atoms with Crippen molar-refractivity contribution < 1.29 is 9.90 Å². The highest BCUT2D eigenvalue weighted by Gasteiger charge is 2.28. The van der Waals surface area contributed by atoms with Gasteiger partial charge in [-0.2, -0.15) is 0 Å². The van der Waals surface area contributed by atoms with Crippen molar-refractivity contribution in [2.45, 2.75) is 25.3 Å². The molecule has 2 atom stereocenters. The Bertz CT molecular complexity index is 402. The first-order valence-corrected chi connectivity index (χ1v) is 7.88. The smallest absolute Gasteiger partial charge is 0.261 e. The molecule has 2 unspecified atom stereocenters. The van der Waals surface area contributed by atoms with Crippen LogP contribution in [0.2, 0.25) is 0 Å². The lowest BCUT2D eigenvalue weighted by Gasteiger charge is -2.18. The third-order valence-electron chi connectivity index (χ3n) is 3.08. The molecule has 1 saturated carbocycles. The molecule has 6 heteroatoms. The fourth-order valence-corrected chi connectivity index (χ4v) is 4.08. The highest BCUT2D eigenvalue weighted by Crippen LogP contribution is 2.33. The minimum atomic E-state index is -0.0493. The lowest BCUT2D eigenvalue weighted by Crippen LogP contribution is -2.38. The number of aliphatic hydroxyl groups is 1. The zero-order chi connectivity index (χ0) is 12.4. The Morgan fingerprint density at radius 3 is 2.88 bits per heavy atom. The van der Waals surface area contributed by atoms with E-state index in [0.29, 0.717) is 4.88 Å². The van der Waals surface area contributed by atoms with Crippen LogP contribution in [0.1, 0.15) is 28.9 Å². The Morgan fingerprint density at radius 1 is 1.53 bits per heavy atom. The van der Waals surface area contributed by atoms with Crippen LogP contribution < -0.4 is 5.32 Å². The number of carbonyl (C=O) groups is 1. The SMILES string of the molecule is O=C(NC1CCCC1CO)c1cc(Br)c(Br)s1. The van der Waals surface area contributed by atoms with Gasteiger partial charge in [-0.05, 0) is 50.8 Å². The predicted molar refractivity (Wildman–Crippen MR) is 75.4 cm³/mol. The maximum atomic E-state index is 12.0. The lowest BCUT2D eigenvalue weighted by atomic mass is 10.1. The van der Waals surface area contributed by atoms with Gasteiger partial charge in [0.15, 0.2) is 0 Å². The highest BCUT2D eigenvalue weighted by atomic mass is 79.9. The Morgan fingerprint density at radius 2 is 2.29 bits per heavy atom. The number of carbonyl (C=O) groups excluding carboxylic acids is 1. The number of hydrogen-bond acceptors (Lipinski definition) is 3. The molecule has 0 aliphatic heterocycles. The van der Waals surface area contributed by atoms with E-state index in [1.807, 2.05) is 6.07 Å². The number of rotatable bonds is 3. The molecule has 1 amide bonds. The molecule has 1 aromatic rings. The fourth-order valence-electron chi connectivity index (χ4n) is 2.14. The molecule has 1 aromatic heterocycles. The van der Waals surface area contributed by atoms with Crippen LogP contribution in [0.15, 0.2) is 14.3 Å². The van der Waals surface area contributed by atoms with Crippen molar-refractivity contribution >= 4 is 49.1 Å². The lowest BCUT2D eigenvalue weighted by molar-refractivity contribution is 0.0920. The second-order valence-electron chi connectivity index (χ2n) is 4.19. The van der Waals surface area contributed by atoms with Gasteiger partial charge in [0.1, 0.15) is 0 Å². The predicted octanol–water partition coefficient (Wildman–Crippen LogP) is 3.16. The molecule has 17 heavy (non-hydrogen) atoms. The average Bonchev–Trinajstić information content (AvgIpc) is 2.86. The molecule has 94 valence electrons. The zero-order valence-corrected chi connectivity index (χ0v) is 13.1. The molecule has 3 nitrogen and oxygen atoms in total. The van der Waals surface area contributed by atoms with Crippen LogP contribution in [-0.4, -0.2) is 23.7 Å². The van der Waals surface area contributed by atoms with Gasteiger partial charge < -0.3 is 10.4 Å². The third kappa shape index (κ3) is 3.10. The molecule has 0 aromatic carbocycles. The molecule has 0 saturated heterocycles. The van der Waals surface area contributed by atoms with Gasteiger partial charge in [0.05, 0.1) is 8.66 Å². The van der Waals surface area contributed by atoms with Gasteiger partial charge in [-0.25, -0.2) is 0 Å². The van der Waals surface area contributed by atoms with Crippen LogP contribution in [0, 0.1) is 5.92 Å². The largest absolute Gasteiger partial charge is 0.396 e. The number of thiophene rings is 1. The topological polar surface area (TPSA) is 49.3 Å². The summed E-state index contributed by atoms with van der Waals surface area (Å²) in [6, 6.07) is 1.93. The summed E-state index contributed by atoms with van der Waals surface area (Å²) in [5, 5.41) is 12.2. The van der Waals surface area contributed by atoms with Gasteiger partial charge in [0.2, 0.25) is 0 Å². The second kappa shape index (κ2) is 5.82. The zero-order valence-electron chi connectivity index (χ0n) is 9.08. The summed E-state index contributed by atoms with van der Waals surface area (Å²) in [4.78, 5) is 12.7. The summed E-state index contributed by atoms with van der Waals surface area (Å²) in [6.45, 7) is 0.156. The first-order valence-electron chi connectivity index (χ1n) is 5.48. The van der Waals surface area contributed by atoms with Crippen molar-refractivity contribution in [1.82, 2.24) is 5.32 Å². The van der Waals surface area contributed by atoms with E-state index in [2.05, 4.69) is 37.2 Å². The standard InChI is InChI=1S/C11H13Br2NO2S/c12-7-4-9(17-10(7)13)11(16)14-8-3-1-2-6(8)5-15/h4,6,8,15H,1-3,5H2,(H,14,16). The monoisotopic (exact) mass is 381 g/mol. The quantitative estimate of drug-likeness (QED) is 0.843. The number of halogens is 2. The van der Waals surface area contributed by atoms with E-state index in [-0.39, 0.29) is 24.5 Å². The van der Waals surface area contributed by atoms with Crippen LogP contribution in [0.3, 0.4) is 0 Å². The summed E-state index contributed by atoms with van der Waals surface area (Å²) in [7, 11) is 0. The molecular weight excluding hydrogens is 370 g/mol. The molecule has 0 radical (unpaired) electrons. The summed E-state index contributed by atoms with van der Waals surface area (Å²) in [5.74, 6) is 0.164. The van der Waals surface area contributed by atoms with Gasteiger partial charge in [0, 0.05) is 23.0 Å². The van der Waals surface area contributed by atoms with Crippen molar-refractivity contribution in [3.05, 3.63) is 19.2 Å². The molecule has 2 N–H and O–H groups in total. The van der Waals surface area contributed by atoms with Crippen molar-refractivity contribution in [3.8, 4) is 0 Å². The Hall–Kier alpha value is 0.0900. The van der Waals surface area contributed by atoms with Crippen molar-refractivity contribution in [2.24, 2.45) is 5.92 Å². The maximum Gasteiger partial charge on any atom is 0.261 e. The van der Waals surface area contributed by atoms with Gasteiger partial charge in [0.25, 0.3) is 5.91 Å². The van der Waals surface area contributed by atoms with Gasteiger partial charge in [-0.1, -0.05) is 6.42 Å². The second-order valence-corrected chi connectivity index (χ2v) is 7.41. The molecule has 0 spiro atoms. The van der Waals surface area contributed by atoms with E-state index >= 15 is 0 Å². The molecule has 1 aliphatic rings. The molecule has 1 heterocycles. The third-order valence-corrected chi connectivity index (χ3v) is 6.33. The molecular formula is C11H13Br2NO2S. The Labute approximate surface area is 121 Å².